The number of rotatable bonds is 5. The summed E-state index contributed by atoms with van der Waals surface area (Å²) in [6.07, 6.45) is 1.68. The normalized spacial score (nSPS) is 19.2. The van der Waals surface area contributed by atoms with Gasteiger partial charge in [-0.05, 0) is 30.2 Å². The highest BCUT2D eigenvalue weighted by atomic mass is 35.5. The monoisotopic (exact) mass is 357 g/mol. The second kappa shape index (κ2) is 6.62. The summed E-state index contributed by atoms with van der Waals surface area (Å²) in [6.45, 7) is 2.10. The molecule has 3 rings (SSSR count). The van der Waals surface area contributed by atoms with E-state index in [-0.39, 0.29) is 12.2 Å². The van der Waals surface area contributed by atoms with E-state index < -0.39 is 11.5 Å². The van der Waals surface area contributed by atoms with Crippen molar-refractivity contribution in [2.45, 2.75) is 31.8 Å². The molecule has 0 bridgehead atoms. The number of amides is 1. The van der Waals surface area contributed by atoms with Crippen molar-refractivity contribution in [1.82, 2.24) is 0 Å². The van der Waals surface area contributed by atoms with Crippen LogP contribution in [0.15, 0.2) is 42.5 Å². The Morgan fingerprint density at radius 1 is 1.20 bits per heavy atom. The molecule has 0 unspecified atom stereocenters. The Bertz CT molecular complexity index is 831. The average Bonchev–Trinajstić information content (AvgIpc) is 2.77. The van der Waals surface area contributed by atoms with Gasteiger partial charge >= 0.3 is 0 Å². The van der Waals surface area contributed by atoms with Gasteiger partial charge in [-0.15, -0.1) is 0 Å². The summed E-state index contributed by atoms with van der Waals surface area (Å²) in [7, 11) is 1.58. The van der Waals surface area contributed by atoms with Gasteiger partial charge in [-0.25, -0.2) is 0 Å². The zero-order valence-electron chi connectivity index (χ0n) is 14.3. The number of Topliss-reactive ketones (excluding diaryl/α,β-unsaturated/α-hetero) is 1. The lowest BCUT2D eigenvalue weighted by atomic mass is 9.88. The van der Waals surface area contributed by atoms with Crippen molar-refractivity contribution < 1.29 is 14.7 Å². The standard InChI is InChI=1S/C20H20ClNO3/c1-3-4-13-5-7-14(8-6-13)18(23)12-20(25)16-11-15(21)9-10-17(16)22(2)19(20)24/h5-11,25H,3-4,12H2,1-2H3/t20-/m1/s1. The van der Waals surface area contributed by atoms with Gasteiger partial charge in [-0.3, -0.25) is 9.59 Å². The molecule has 130 valence electrons. The van der Waals surface area contributed by atoms with Gasteiger partial charge in [-0.1, -0.05) is 49.2 Å². The molecule has 0 fully saturated rings. The number of fused-ring (bicyclic) bond motifs is 1. The highest BCUT2D eigenvalue weighted by Crippen LogP contribution is 2.43. The van der Waals surface area contributed by atoms with Crippen molar-refractivity contribution in [2.24, 2.45) is 0 Å². The maximum absolute atomic E-state index is 12.7. The molecule has 0 aliphatic carbocycles. The van der Waals surface area contributed by atoms with E-state index in [1.165, 1.54) is 4.90 Å². The second-order valence-corrected chi connectivity index (χ2v) is 6.87. The van der Waals surface area contributed by atoms with Gasteiger partial charge in [0.25, 0.3) is 5.91 Å². The van der Waals surface area contributed by atoms with Crippen LogP contribution >= 0.6 is 11.6 Å². The Kier molecular flexibility index (Phi) is 4.67. The zero-order chi connectivity index (χ0) is 18.2. The summed E-state index contributed by atoms with van der Waals surface area (Å²) >= 11 is 6.02. The van der Waals surface area contributed by atoms with Crippen LogP contribution in [-0.4, -0.2) is 23.8 Å². The number of hydrogen-bond donors (Lipinski definition) is 1. The molecule has 1 atom stereocenters. The third-order valence-corrected chi connectivity index (χ3v) is 4.89. The van der Waals surface area contributed by atoms with Crippen molar-refractivity contribution in [3.8, 4) is 0 Å². The van der Waals surface area contributed by atoms with Crippen LogP contribution in [-0.2, 0) is 16.8 Å². The van der Waals surface area contributed by atoms with Gasteiger partial charge in [0, 0.05) is 23.2 Å². The SMILES string of the molecule is CCCc1ccc(C(=O)C[C@]2(O)C(=O)N(C)c3ccc(Cl)cc32)cc1. The van der Waals surface area contributed by atoms with Gasteiger partial charge in [0.15, 0.2) is 11.4 Å². The fraction of sp³-hybridized carbons (Fsp3) is 0.300. The van der Waals surface area contributed by atoms with Crippen LogP contribution in [0.5, 0.6) is 0 Å². The summed E-state index contributed by atoms with van der Waals surface area (Å²) < 4.78 is 0. The number of aryl methyl sites for hydroxylation is 1. The molecule has 0 saturated heterocycles. The summed E-state index contributed by atoms with van der Waals surface area (Å²) in [6, 6.07) is 12.2. The fourth-order valence-corrected chi connectivity index (χ4v) is 3.46. The molecule has 2 aromatic carbocycles. The van der Waals surface area contributed by atoms with Crippen LogP contribution in [0.3, 0.4) is 0 Å². The smallest absolute Gasteiger partial charge is 0.263 e. The highest BCUT2D eigenvalue weighted by molar-refractivity contribution is 6.31. The van der Waals surface area contributed by atoms with E-state index in [9.17, 15) is 14.7 Å². The topological polar surface area (TPSA) is 57.6 Å². The molecular formula is C20H20ClNO3. The molecule has 25 heavy (non-hydrogen) atoms. The lowest BCUT2D eigenvalue weighted by molar-refractivity contribution is -0.135. The third-order valence-electron chi connectivity index (χ3n) is 4.65. The Morgan fingerprint density at radius 3 is 2.52 bits per heavy atom. The number of carbonyl (C=O) groups excluding carboxylic acids is 2. The first-order chi connectivity index (χ1) is 11.9. The molecule has 1 aliphatic rings. The van der Waals surface area contributed by atoms with Crippen molar-refractivity contribution in [3.63, 3.8) is 0 Å². The minimum atomic E-state index is -1.88. The number of nitrogens with zero attached hydrogens (tertiary/aromatic N) is 1. The van der Waals surface area contributed by atoms with Crippen LogP contribution in [0, 0.1) is 0 Å². The lowest BCUT2D eigenvalue weighted by Crippen LogP contribution is -2.40. The first kappa shape index (κ1) is 17.6. The molecule has 0 aromatic heterocycles. The van der Waals surface area contributed by atoms with Crippen LogP contribution in [0.25, 0.3) is 0 Å². The molecule has 1 aliphatic heterocycles. The van der Waals surface area contributed by atoms with Crippen LogP contribution in [0.1, 0.15) is 41.3 Å². The molecule has 2 aromatic rings. The fourth-order valence-electron chi connectivity index (χ4n) is 3.29. The predicted octanol–water partition coefficient (Wildman–Crippen LogP) is 3.73. The number of aliphatic hydroxyl groups is 1. The van der Waals surface area contributed by atoms with E-state index in [0.29, 0.717) is 21.8 Å². The molecule has 0 radical (unpaired) electrons. The Hall–Kier alpha value is -2.17. The van der Waals surface area contributed by atoms with E-state index in [2.05, 4.69) is 6.92 Å². The Labute approximate surface area is 152 Å². The van der Waals surface area contributed by atoms with Gasteiger partial charge in [0.1, 0.15) is 0 Å². The molecule has 0 spiro atoms. The Morgan fingerprint density at radius 2 is 1.88 bits per heavy atom. The highest BCUT2D eigenvalue weighted by Gasteiger charge is 2.49. The van der Waals surface area contributed by atoms with Crippen LogP contribution in [0.2, 0.25) is 5.02 Å². The van der Waals surface area contributed by atoms with Gasteiger partial charge in [-0.2, -0.15) is 0 Å². The van der Waals surface area contributed by atoms with Gasteiger partial charge in [0.2, 0.25) is 0 Å². The third kappa shape index (κ3) is 3.08. The van der Waals surface area contributed by atoms with E-state index in [0.717, 1.165) is 18.4 Å². The summed E-state index contributed by atoms with van der Waals surface area (Å²) in [5.74, 6) is -0.791. The average molecular weight is 358 g/mol. The van der Waals surface area contributed by atoms with Crippen molar-refractivity contribution in [2.75, 3.05) is 11.9 Å². The zero-order valence-corrected chi connectivity index (χ0v) is 15.0. The molecule has 0 saturated carbocycles. The van der Waals surface area contributed by atoms with Crippen molar-refractivity contribution >= 4 is 29.0 Å². The first-order valence-electron chi connectivity index (χ1n) is 8.29. The van der Waals surface area contributed by atoms with Gasteiger partial charge < -0.3 is 10.0 Å². The first-order valence-corrected chi connectivity index (χ1v) is 8.67. The molecular weight excluding hydrogens is 338 g/mol. The second-order valence-electron chi connectivity index (χ2n) is 6.43. The number of hydrogen-bond acceptors (Lipinski definition) is 3. The van der Waals surface area contributed by atoms with E-state index in [1.54, 1.807) is 37.4 Å². The van der Waals surface area contributed by atoms with E-state index in [4.69, 9.17) is 11.6 Å². The molecule has 1 heterocycles. The van der Waals surface area contributed by atoms with E-state index in [1.807, 2.05) is 12.1 Å². The Balaban J connectivity index is 1.90. The predicted molar refractivity (Wildman–Crippen MR) is 98.1 cm³/mol. The number of ketones is 1. The minimum Gasteiger partial charge on any atom is -0.375 e. The maximum Gasteiger partial charge on any atom is 0.263 e. The lowest BCUT2D eigenvalue weighted by Gasteiger charge is -2.21. The summed E-state index contributed by atoms with van der Waals surface area (Å²) in [5, 5.41) is 11.4. The van der Waals surface area contributed by atoms with Crippen LogP contribution < -0.4 is 4.90 Å². The molecule has 1 amide bonds. The van der Waals surface area contributed by atoms with Gasteiger partial charge in [0.05, 0.1) is 12.1 Å². The maximum atomic E-state index is 12.7. The number of halogens is 1. The summed E-state index contributed by atoms with van der Waals surface area (Å²) in [5.41, 5.74) is 0.714. The number of benzene rings is 2. The minimum absolute atomic E-state index is 0.278. The van der Waals surface area contributed by atoms with Crippen LogP contribution in [0.4, 0.5) is 5.69 Å². The number of likely N-dealkylation sites (N-methyl/N-ethyl adjacent to an activating group) is 1. The van der Waals surface area contributed by atoms with Crippen molar-refractivity contribution in [3.05, 3.63) is 64.2 Å². The largest absolute Gasteiger partial charge is 0.375 e. The molecule has 4 nitrogen and oxygen atoms in total. The molecule has 1 N–H and O–H groups in total. The van der Waals surface area contributed by atoms with E-state index >= 15 is 0 Å². The number of carbonyl (C=O) groups is 2. The summed E-state index contributed by atoms with van der Waals surface area (Å²) in [4.78, 5) is 26.6. The quantitative estimate of drug-likeness (QED) is 0.829. The molecule has 5 heteroatoms. The van der Waals surface area contributed by atoms with Crippen molar-refractivity contribution in [1.29, 1.82) is 0 Å². The number of anilines is 1.